The molecule has 142 valence electrons. The van der Waals surface area contributed by atoms with Crippen molar-refractivity contribution in [2.24, 2.45) is 0 Å². The van der Waals surface area contributed by atoms with E-state index in [1.54, 1.807) is 32.0 Å². The lowest BCUT2D eigenvalue weighted by atomic mass is 10.1. The smallest absolute Gasteiger partial charge is 0.339 e. The number of anilines is 1. The second-order valence-electron chi connectivity index (χ2n) is 6.54. The molecule has 1 aliphatic rings. The van der Waals surface area contributed by atoms with Crippen molar-refractivity contribution in [1.29, 1.82) is 0 Å². The number of nitrogens with one attached hydrogen (secondary N) is 1. The van der Waals surface area contributed by atoms with Crippen molar-refractivity contribution in [2.75, 3.05) is 18.4 Å². The Bertz CT molecular complexity index is 894. The SMILES string of the molecule is CCc1oc(C(=O)Nc2cccc(C(=O)N3CCCC3)c2C)cc1C(=O)O. The summed E-state index contributed by atoms with van der Waals surface area (Å²) in [6.45, 7) is 5.03. The third-order valence-corrected chi connectivity index (χ3v) is 4.79. The summed E-state index contributed by atoms with van der Waals surface area (Å²) >= 11 is 0. The van der Waals surface area contributed by atoms with Crippen LogP contribution in [0, 0.1) is 6.92 Å². The van der Waals surface area contributed by atoms with Gasteiger partial charge in [0.1, 0.15) is 11.3 Å². The Hall–Kier alpha value is -3.09. The molecule has 2 N–H and O–H groups in total. The van der Waals surface area contributed by atoms with Crippen LogP contribution in [0.1, 0.15) is 62.4 Å². The minimum Gasteiger partial charge on any atom is -0.478 e. The minimum atomic E-state index is -1.14. The van der Waals surface area contributed by atoms with Gasteiger partial charge in [-0.2, -0.15) is 0 Å². The molecule has 1 fully saturated rings. The summed E-state index contributed by atoms with van der Waals surface area (Å²) in [5.74, 6) is -1.54. The molecule has 7 nitrogen and oxygen atoms in total. The Labute approximate surface area is 157 Å². The number of benzene rings is 1. The van der Waals surface area contributed by atoms with Crippen LogP contribution < -0.4 is 5.32 Å². The molecule has 2 heterocycles. The van der Waals surface area contributed by atoms with Gasteiger partial charge in [0, 0.05) is 36.8 Å². The quantitative estimate of drug-likeness (QED) is 0.841. The first-order chi connectivity index (χ1) is 12.9. The van der Waals surface area contributed by atoms with Gasteiger partial charge in [0.25, 0.3) is 11.8 Å². The van der Waals surface area contributed by atoms with Crippen LogP contribution in [0.4, 0.5) is 5.69 Å². The molecule has 0 aliphatic carbocycles. The molecule has 0 atom stereocenters. The van der Waals surface area contributed by atoms with Crippen molar-refractivity contribution < 1.29 is 23.9 Å². The fraction of sp³-hybridized carbons (Fsp3) is 0.350. The van der Waals surface area contributed by atoms with Crippen LogP contribution >= 0.6 is 0 Å². The summed E-state index contributed by atoms with van der Waals surface area (Å²) < 4.78 is 5.39. The first-order valence-electron chi connectivity index (χ1n) is 8.98. The van der Waals surface area contributed by atoms with Crippen LogP contribution in [0.2, 0.25) is 0 Å². The highest BCUT2D eigenvalue weighted by Crippen LogP contribution is 2.24. The van der Waals surface area contributed by atoms with Crippen molar-refractivity contribution in [2.45, 2.75) is 33.1 Å². The maximum atomic E-state index is 12.7. The average Bonchev–Trinajstić information content (AvgIpc) is 3.32. The molecule has 1 saturated heterocycles. The van der Waals surface area contributed by atoms with E-state index >= 15 is 0 Å². The Morgan fingerprint density at radius 3 is 2.48 bits per heavy atom. The number of aryl methyl sites for hydroxylation is 1. The number of carbonyl (C=O) groups is 3. The van der Waals surface area contributed by atoms with Gasteiger partial charge in [-0.05, 0) is 37.5 Å². The first-order valence-corrected chi connectivity index (χ1v) is 8.98. The second-order valence-corrected chi connectivity index (χ2v) is 6.54. The van der Waals surface area contributed by atoms with Gasteiger partial charge < -0.3 is 19.7 Å². The monoisotopic (exact) mass is 370 g/mol. The molecule has 27 heavy (non-hydrogen) atoms. The lowest BCUT2D eigenvalue weighted by Crippen LogP contribution is -2.28. The predicted molar refractivity (Wildman–Crippen MR) is 99.3 cm³/mol. The number of likely N-dealkylation sites (tertiary alicyclic amines) is 1. The van der Waals surface area contributed by atoms with Crippen LogP contribution in [0.3, 0.4) is 0 Å². The van der Waals surface area contributed by atoms with Gasteiger partial charge in [0.2, 0.25) is 0 Å². The van der Waals surface area contributed by atoms with E-state index in [4.69, 9.17) is 4.42 Å². The van der Waals surface area contributed by atoms with Crippen molar-refractivity contribution in [3.8, 4) is 0 Å². The number of furan rings is 1. The summed E-state index contributed by atoms with van der Waals surface area (Å²) in [5, 5.41) is 11.9. The Balaban J connectivity index is 1.83. The van der Waals surface area contributed by atoms with Gasteiger partial charge in [-0.3, -0.25) is 9.59 Å². The zero-order valence-corrected chi connectivity index (χ0v) is 15.4. The van der Waals surface area contributed by atoms with Crippen LogP contribution in [-0.4, -0.2) is 40.9 Å². The lowest BCUT2D eigenvalue weighted by Gasteiger charge is -2.18. The summed E-state index contributed by atoms with van der Waals surface area (Å²) in [7, 11) is 0. The average molecular weight is 370 g/mol. The van der Waals surface area contributed by atoms with Gasteiger partial charge in [-0.25, -0.2) is 4.79 Å². The van der Waals surface area contributed by atoms with E-state index in [0.29, 0.717) is 23.2 Å². The predicted octanol–water partition coefficient (Wildman–Crippen LogP) is 3.34. The fourth-order valence-corrected chi connectivity index (χ4v) is 3.26. The zero-order valence-electron chi connectivity index (χ0n) is 15.4. The number of nitrogens with zero attached hydrogens (tertiary/aromatic N) is 1. The van der Waals surface area contributed by atoms with E-state index in [1.807, 2.05) is 4.90 Å². The second kappa shape index (κ2) is 7.65. The summed E-state index contributed by atoms with van der Waals surface area (Å²) in [5.41, 5.74) is 1.70. The van der Waals surface area contributed by atoms with E-state index in [1.165, 1.54) is 6.07 Å². The molecule has 2 aromatic rings. The van der Waals surface area contributed by atoms with Gasteiger partial charge in [0.05, 0.1) is 0 Å². The van der Waals surface area contributed by atoms with Gasteiger partial charge in [-0.1, -0.05) is 13.0 Å². The number of hydrogen-bond acceptors (Lipinski definition) is 4. The highest BCUT2D eigenvalue weighted by atomic mass is 16.4. The fourth-order valence-electron chi connectivity index (χ4n) is 3.26. The van der Waals surface area contributed by atoms with E-state index in [-0.39, 0.29) is 23.0 Å². The number of carboxylic acids is 1. The Morgan fingerprint density at radius 1 is 1.19 bits per heavy atom. The summed E-state index contributed by atoms with van der Waals surface area (Å²) in [6, 6.07) is 6.39. The van der Waals surface area contributed by atoms with E-state index < -0.39 is 11.9 Å². The molecular weight excluding hydrogens is 348 g/mol. The van der Waals surface area contributed by atoms with E-state index in [0.717, 1.165) is 25.9 Å². The molecule has 0 unspecified atom stereocenters. The van der Waals surface area contributed by atoms with Crippen LogP contribution in [0.25, 0.3) is 0 Å². The number of amides is 2. The molecule has 2 amide bonds. The van der Waals surface area contributed by atoms with Crippen LogP contribution in [0.15, 0.2) is 28.7 Å². The highest BCUT2D eigenvalue weighted by Gasteiger charge is 2.23. The standard InChI is InChI=1S/C20H22N2O5/c1-3-16-14(20(25)26)11-17(27-16)18(23)21-15-8-6-7-13(12(15)2)19(24)22-9-4-5-10-22/h6-8,11H,3-5,9-10H2,1-2H3,(H,21,23)(H,25,26). The summed E-state index contributed by atoms with van der Waals surface area (Å²) in [4.78, 5) is 38.2. The Kier molecular flexibility index (Phi) is 5.30. The van der Waals surface area contributed by atoms with Crippen molar-refractivity contribution in [1.82, 2.24) is 4.90 Å². The van der Waals surface area contributed by atoms with E-state index in [9.17, 15) is 19.5 Å². The molecule has 1 aromatic heterocycles. The third kappa shape index (κ3) is 3.72. The molecule has 3 rings (SSSR count). The minimum absolute atomic E-state index is 0.0164. The van der Waals surface area contributed by atoms with Crippen molar-refractivity contribution in [3.63, 3.8) is 0 Å². The largest absolute Gasteiger partial charge is 0.478 e. The number of rotatable bonds is 5. The highest BCUT2D eigenvalue weighted by molar-refractivity contribution is 6.05. The normalized spacial score (nSPS) is 13.6. The molecule has 0 spiro atoms. The Morgan fingerprint density at radius 2 is 1.89 bits per heavy atom. The number of hydrogen-bond donors (Lipinski definition) is 2. The topological polar surface area (TPSA) is 99.9 Å². The lowest BCUT2D eigenvalue weighted by molar-refractivity contribution is 0.0693. The molecular formula is C20H22N2O5. The molecule has 1 aliphatic heterocycles. The van der Waals surface area contributed by atoms with Crippen molar-refractivity contribution in [3.05, 3.63) is 52.5 Å². The number of aromatic carboxylic acids is 1. The van der Waals surface area contributed by atoms with Gasteiger partial charge >= 0.3 is 5.97 Å². The zero-order chi connectivity index (χ0) is 19.6. The molecule has 1 aromatic carbocycles. The molecule has 0 bridgehead atoms. The molecule has 0 saturated carbocycles. The van der Waals surface area contributed by atoms with Crippen molar-refractivity contribution >= 4 is 23.5 Å². The third-order valence-electron chi connectivity index (χ3n) is 4.79. The summed E-state index contributed by atoms with van der Waals surface area (Å²) in [6.07, 6.45) is 2.38. The van der Waals surface area contributed by atoms with Crippen LogP contribution in [0.5, 0.6) is 0 Å². The maximum absolute atomic E-state index is 12.7. The first kappa shape index (κ1) is 18.7. The van der Waals surface area contributed by atoms with Crippen LogP contribution in [-0.2, 0) is 6.42 Å². The maximum Gasteiger partial charge on any atom is 0.339 e. The van der Waals surface area contributed by atoms with Gasteiger partial charge in [0.15, 0.2) is 5.76 Å². The number of carbonyl (C=O) groups excluding carboxylic acids is 2. The van der Waals surface area contributed by atoms with E-state index in [2.05, 4.69) is 5.32 Å². The molecule has 7 heteroatoms. The number of carboxylic acid groups (broad SMARTS) is 1. The molecule has 0 radical (unpaired) electrons. The van der Waals surface area contributed by atoms with Gasteiger partial charge in [-0.15, -0.1) is 0 Å².